The Hall–Kier alpha value is -1.62. The lowest BCUT2D eigenvalue weighted by atomic mass is 10.3. The van der Waals surface area contributed by atoms with Crippen LogP contribution in [0.5, 0.6) is 0 Å². The molecule has 0 aliphatic heterocycles. The highest BCUT2D eigenvalue weighted by atomic mass is 16.3. The zero-order chi connectivity index (χ0) is 11.8. The van der Waals surface area contributed by atoms with E-state index in [4.69, 9.17) is 5.11 Å². The van der Waals surface area contributed by atoms with E-state index >= 15 is 0 Å². The number of aliphatic hydroxyl groups excluding tert-OH is 1. The fourth-order valence-corrected chi connectivity index (χ4v) is 1.12. The largest absolute Gasteiger partial charge is 0.396 e. The Morgan fingerprint density at radius 3 is 2.88 bits per heavy atom. The van der Waals surface area contributed by atoms with Crippen molar-refractivity contribution in [2.75, 3.05) is 23.8 Å². The molecule has 1 aromatic heterocycles. The fraction of sp³-hybridized carbons (Fsp3) is 0.455. The third-order valence-corrected chi connectivity index (χ3v) is 2.01. The molecule has 5 heteroatoms. The van der Waals surface area contributed by atoms with E-state index in [1.165, 1.54) is 0 Å². The first-order valence-electron chi connectivity index (χ1n) is 5.37. The summed E-state index contributed by atoms with van der Waals surface area (Å²) in [6.07, 6.45) is 2.75. The molecule has 0 atom stereocenters. The molecule has 0 saturated carbocycles. The number of nitrogens with one attached hydrogen (secondary N) is 2. The van der Waals surface area contributed by atoms with Gasteiger partial charge in [-0.15, -0.1) is 0 Å². The average Bonchev–Trinajstić information content (AvgIpc) is 2.31. The molecule has 0 saturated heterocycles. The van der Waals surface area contributed by atoms with E-state index in [9.17, 15) is 4.79 Å². The number of hydrogen-bond donors (Lipinski definition) is 3. The maximum absolute atomic E-state index is 11.1. The number of carbonyl (C=O) groups is 1. The molecule has 0 aliphatic rings. The van der Waals surface area contributed by atoms with Gasteiger partial charge in [0.2, 0.25) is 5.91 Å². The Bertz CT molecular complexity index is 325. The second-order valence-corrected chi connectivity index (χ2v) is 3.34. The number of aromatic nitrogens is 1. The van der Waals surface area contributed by atoms with Gasteiger partial charge in [-0.3, -0.25) is 4.79 Å². The van der Waals surface area contributed by atoms with Crippen molar-refractivity contribution in [3.05, 3.63) is 18.3 Å². The molecular weight excluding hydrogens is 206 g/mol. The van der Waals surface area contributed by atoms with Crippen molar-refractivity contribution in [3.63, 3.8) is 0 Å². The molecule has 0 unspecified atom stereocenters. The molecule has 3 N–H and O–H groups in total. The van der Waals surface area contributed by atoms with Gasteiger partial charge in [0.05, 0.1) is 11.9 Å². The van der Waals surface area contributed by atoms with Crippen molar-refractivity contribution in [2.24, 2.45) is 0 Å². The van der Waals surface area contributed by atoms with Crippen LogP contribution in [0.15, 0.2) is 18.3 Å². The van der Waals surface area contributed by atoms with Crippen LogP contribution in [-0.2, 0) is 4.79 Å². The number of amides is 1. The Kier molecular flexibility index (Phi) is 5.28. The lowest BCUT2D eigenvalue weighted by molar-refractivity contribution is -0.115. The van der Waals surface area contributed by atoms with E-state index in [1.54, 1.807) is 25.3 Å². The van der Waals surface area contributed by atoms with Crippen molar-refractivity contribution in [3.8, 4) is 0 Å². The average molecular weight is 223 g/mol. The van der Waals surface area contributed by atoms with Crippen LogP contribution in [0.25, 0.3) is 0 Å². The smallest absolute Gasteiger partial charge is 0.224 e. The minimum absolute atomic E-state index is 0.0252. The van der Waals surface area contributed by atoms with Gasteiger partial charge in [0.25, 0.3) is 0 Å². The van der Waals surface area contributed by atoms with Crippen molar-refractivity contribution in [2.45, 2.75) is 19.8 Å². The van der Waals surface area contributed by atoms with E-state index in [0.717, 1.165) is 5.82 Å². The topological polar surface area (TPSA) is 74.2 Å². The van der Waals surface area contributed by atoms with E-state index in [-0.39, 0.29) is 12.5 Å². The van der Waals surface area contributed by atoms with Gasteiger partial charge >= 0.3 is 0 Å². The molecule has 0 radical (unpaired) electrons. The van der Waals surface area contributed by atoms with Gasteiger partial charge in [0, 0.05) is 19.6 Å². The van der Waals surface area contributed by atoms with E-state index in [1.807, 2.05) is 0 Å². The summed E-state index contributed by atoms with van der Waals surface area (Å²) in [7, 11) is 0. The summed E-state index contributed by atoms with van der Waals surface area (Å²) < 4.78 is 0. The molecule has 5 nitrogen and oxygen atoms in total. The minimum atomic E-state index is -0.0252. The summed E-state index contributed by atoms with van der Waals surface area (Å²) in [6.45, 7) is 2.65. The van der Waals surface area contributed by atoms with Crippen LogP contribution < -0.4 is 10.6 Å². The van der Waals surface area contributed by atoms with Crippen LogP contribution in [0.4, 0.5) is 11.5 Å². The fourth-order valence-electron chi connectivity index (χ4n) is 1.12. The Morgan fingerprint density at radius 2 is 2.31 bits per heavy atom. The van der Waals surface area contributed by atoms with E-state index < -0.39 is 0 Å². The zero-order valence-electron chi connectivity index (χ0n) is 9.36. The highest BCUT2D eigenvalue weighted by Crippen LogP contribution is 2.09. The van der Waals surface area contributed by atoms with Gasteiger partial charge in [-0.05, 0) is 18.6 Å². The third-order valence-electron chi connectivity index (χ3n) is 2.01. The van der Waals surface area contributed by atoms with Crippen molar-refractivity contribution in [1.29, 1.82) is 0 Å². The molecule has 1 aromatic rings. The molecular formula is C11H17N3O2. The minimum Gasteiger partial charge on any atom is -0.396 e. The van der Waals surface area contributed by atoms with E-state index in [0.29, 0.717) is 25.1 Å². The van der Waals surface area contributed by atoms with Crippen LogP contribution in [0, 0.1) is 0 Å². The lowest BCUT2D eigenvalue weighted by Crippen LogP contribution is -2.10. The normalized spacial score (nSPS) is 9.88. The van der Waals surface area contributed by atoms with Crippen LogP contribution in [0.1, 0.15) is 19.8 Å². The first kappa shape index (κ1) is 12.4. The second-order valence-electron chi connectivity index (χ2n) is 3.34. The van der Waals surface area contributed by atoms with Crippen molar-refractivity contribution < 1.29 is 9.90 Å². The standard InChI is InChI=1S/C11H17N3O2/c1-2-11(16)14-9-4-5-10(13-8-9)12-6-3-7-15/h4-5,8,15H,2-3,6-7H2,1H3,(H,12,13)(H,14,16). The molecule has 1 heterocycles. The predicted molar refractivity (Wildman–Crippen MR) is 63.4 cm³/mol. The Balaban J connectivity index is 2.44. The number of hydrogen-bond acceptors (Lipinski definition) is 4. The summed E-state index contributed by atoms with van der Waals surface area (Å²) in [4.78, 5) is 15.2. The molecule has 1 amide bonds. The van der Waals surface area contributed by atoms with Gasteiger partial charge in [-0.2, -0.15) is 0 Å². The highest BCUT2D eigenvalue weighted by Gasteiger charge is 1.99. The molecule has 1 rings (SSSR count). The van der Waals surface area contributed by atoms with Crippen LogP contribution in [0.3, 0.4) is 0 Å². The Labute approximate surface area is 94.9 Å². The van der Waals surface area contributed by atoms with Crippen molar-refractivity contribution >= 4 is 17.4 Å². The number of aliphatic hydroxyl groups is 1. The first-order valence-corrected chi connectivity index (χ1v) is 5.37. The molecule has 0 spiro atoms. The molecule has 16 heavy (non-hydrogen) atoms. The molecule has 0 fully saturated rings. The van der Waals surface area contributed by atoms with Crippen molar-refractivity contribution in [1.82, 2.24) is 4.98 Å². The summed E-state index contributed by atoms with van der Waals surface area (Å²) in [5.74, 6) is 0.714. The number of pyridine rings is 1. The third kappa shape index (κ3) is 4.27. The van der Waals surface area contributed by atoms with E-state index in [2.05, 4.69) is 15.6 Å². The summed E-state index contributed by atoms with van der Waals surface area (Å²) in [6, 6.07) is 3.59. The number of anilines is 2. The predicted octanol–water partition coefficient (Wildman–Crippen LogP) is 1.22. The maximum Gasteiger partial charge on any atom is 0.224 e. The molecule has 0 bridgehead atoms. The quantitative estimate of drug-likeness (QED) is 0.634. The lowest BCUT2D eigenvalue weighted by Gasteiger charge is -2.06. The highest BCUT2D eigenvalue weighted by molar-refractivity contribution is 5.90. The molecule has 0 aliphatic carbocycles. The monoisotopic (exact) mass is 223 g/mol. The van der Waals surface area contributed by atoms with Crippen LogP contribution in [0.2, 0.25) is 0 Å². The number of carbonyl (C=O) groups excluding carboxylic acids is 1. The van der Waals surface area contributed by atoms with Crippen LogP contribution in [-0.4, -0.2) is 29.1 Å². The molecule has 88 valence electrons. The van der Waals surface area contributed by atoms with Gasteiger partial charge in [0.1, 0.15) is 5.82 Å². The van der Waals surface area contributed by atoms with Gasteiger partial charge < -0.3 is 15.7 Å². The molecule has 0 aromatic carbocycles. The maximum atomic E-state index is 11.1. The summed E-state index contributed by atoms with van der Waals surface area (Å²) >= 11 is 0. The zero-order valence-corrected chi connectivity index (χ0v) is 9.36. The summed E-state index contributed by atoms with van der Waals surface area (Å²) in [5.41, 5.74) is 0.694. The first-order chi connectivity index (χ1) is 7.76. The van der Waals surface area contributed by atoms with Gasteiger partial charge in [-0.25, -0.2) is 4.98 Å². The SMILES string of the molecule is CCC(=O)Nc1ccc(NCCCO)nc1. The van der Waals surface area contributed by atoms with Gasteiger partial charge in [-0.1, -0.05) is 6.92 Å². The number of nitrogens with zero attached hydrogens (tertiary/aromatic N) is 1. The summed E-state index contributed by atoms with van der Waals surface area (Å²) in [5, 5.41) is 14.4. The second kappa shape index (κ2) is 6.79. The Morgan fingerprint density at radius 1 is 1.50 bits per heavy atom. The van der Waals surface area contributed by atoms with Crippen LogP contribution >= 0.6 is 0 Å². The van der Waals surface area contributed by atoms with Gasteiger partial charge in [0.15, 0.2) is 0 Å². The number of rotatable bonds is 6.